The van der Waals surface area contributed by atoms with Crippen LogP contribution >= 0.6 is 12.4 Å². The average Bonchev–Trinajstić information content (AvgIpc) is 2.29. The van der Waals surface area contributed by atoms with E-state index in [0.29, 0.717) is 16.4 Å². The molecule has 6 heteroatoms. The number of hydrogen-bond acceptors (Lipinski definition) is 3. The second-order valence-electron chi connectivity index (χ2n) is 3.49. The molecule has 0 spiro atoms. The van der Waals surface area contributed by atoms with Gasteiger partial charge in [-0.1, -0.05) is 12.1 Å². The normalized spacial score (nSPS) is 10.4. The second kappa shape index (κ2) is 4.03. The molecule has 2 heterocycles. The Morgan fingerprint density at radius 2 is 1.82 bits per heavy atom. The second-order valence-corrected chi connectivity index (χ2v) is 3.49. The van der Waals surface area contributed by atoms with Crippen molar-refractivity contribution in [3.63, 3.8) is 0 Å². The first-order valence-corrected chi connectivity index (χ1v) is 4.76. The Hall–Kier alpha value is -2.14. The van der Waals surface area contributed by atoms with E-state index in [2.05, 4.69) is 15.2 Å². The van der Waals surface area contributed by atoms with E-state index in [1.807, 2.05) is 6.07 Å². The minimum atomic E-state index is -0.468. The Bertz CT molecular complexity index is 807. The van der Waals surface area contributed by atoms with Crippen LogP contribution in [0.3, 0.4) is 0 Å². The number of fused-ring (bicyclic) bond motifs is 2. The van der Waals surface area contributed by atoms with Crippen LogP contribution < -0.4 is 11.0 Å². The number of hydrogen-bond donors (Lipinski definition) is 2. The van der Waals surface area contributed by atoms with E-state index in [1.165, 1.54) is 6.20 Å². The van der Waals surface area contributed by atoms with Crippen LogP contribution in [-0.2, 0) is 0 Å². The number of para-hydroxylation sites is 1. The number of halogens is 1. The van der Waals surface area contributed by atoms with Crippen LogP contribution in [0.15, 0.2) is 40.1 Å². The standard InChI is InChI=1S/C11H7N3O2.ClH/c15-10-6-3-1-2-4-7(6)13-8-5-12-14-11(16)9(8)10;/h1-5H,(H,13,15)(H,14,16);1H. The third-order valence-corrected chi connectivity index (χ3v) is 2.52. The van der Waals surface area contributed by atoms with Crippen molar-refractivity contribution in [2.75, 3.05) is 0 Å². The van der Waals surface area contributed by atoms with Crippen molar-refractivity contribution < 1.29 is 0 Å². The Morgan fingerprint density at radius 3 is 2.65 bits per heavy atom. The van der Waals surface area contributed by atoms with Crippen molar-refractivity contribution in [3.8, 4) is 0 Å². The van der Waals surface area contributed by atoms with E-state index < -0.39 is 5.56 Å². The Kier molecular flexibility index (Phi) is 2.69. The minimum Gasteiger partial charge on any atom is -0.353 e. The summed E-state index contributed by atoms with van der Waals surface area (Å²) in [7, 11) is 0. The maximum atomic E-state index is 12.0. The molecule has 17 heavy (non-hydrogen) atoms. The maximum Gasteiger partial charge on any atom is 0.277 e. The third-order valence-electron chi connectivity index (χ3n) is 2.52. The molecule has 0 saturated carbocycles. The van der Waals surface area contributed by atoms with Gasteiger partial charge in [-0.2, -0.15) is 5.10 Å². The number of H-pyrrole nitrogens is 2. The van der Waals surface area contributed by atoms with Gasteiger partial charge in [0.2, 0.25) is 5.43 Å². The fourth-order valence-electron chi connectivity index (χ4n) is 1.79. The molecule has 0 aliphatic carbocycles. The molecule has 2 N–H and O–H groups in total. The van der Waals surface area contributed by atoms with Crippen LogP contribution in [0.25, 0.3) is 21.8 Å². The Morgan fingerprint density at radius 1 is 1.06 bits per heavy atom. The molecule has 0 aliphatic heterocycles. The molecule has 0 amide bonds. The van der Waals surface area contributed by atoms with Crippen LogP contribution in [0.5, 0.6) is 0 Å². The van der Waals surface area contributed by atoms with Gasteiger partial charge in [-0.3, -0.25) is 9.59 Å². The molecule has 0 radical (unpaired) electrons. The first-order chi connectivity index (χ1) is 7.77. The predicted molar refractivity (Wildman–Crippen MR) is 67.7 cm³/mol. The van der Waals surface area contributed by atoms with Crippen molar-refractivity contribution >= 4 is 34.2 Å². The van der Waals surface area contributed by atoms with Crippen LogP contribution in [0, 0.1) is 0 Å². The minimum absolute atomic E-state index is 0. The highest BCUT2D eigenvalue weighted by atomic mass is 35.5. The number of rotatable bonds is 0. The summed E-state index contributed by atoms with van der Waals surface area (Å²) in [6.45, 7) is 0. The molecule has 0 fully saturated rings. The van der Waals surface area contributed by atoms with Crippen LogP contribution in [0.2, 0.25) is 0 Å². The summed E-state index contributed by atoms with van der Waals surface area (Å²) in [5.74, 6) is 0. The molecule has 2 aromatic heterocycles. The maximum absolute atomic E-state index is 12.0. The van der Waals surface area contributed by atoms with Gasteiger partial charge in [0, 0.05) is 10.9 Å². The number of aromatic nitrogens is 3. The first kappa shape index (κ1) is 11.3. The molecule has 86 valence electrons. The molecular formula is C11H8ClN3O2. The Labute approximate surface area is 101 Å². The van der Waals surface area contributed by atoms with Crippen molar-refractivity contribution in [3.05, 3.63) is 51.0 Å². The van der Waals surface area contributed by atoms with E-state index in [0.717, 1.165) is 0 Å². The van der Waals surface area contributed by atoms with Gasteiger partial charge in [0.05, 0.1) is 11.7 Å². The molecule has 0 aliphatic rings. The average molecular weight is 250 g/mol. The SMILES string of the molecule is Cl.O=c1[nH]ncc2[nH]c3ccccc3c(=O)c12. The molecule has 0 bridgehead atoms. The van der Waals surface area contributed by atoms with E-state index in [9.17, 15) is 9.59 Å². The van der Waals surface area contributed by atoms with Gasteiger partial charge >= 0.3 is 0 Å². The van der Waals surface area contributed by atoms with Gasteiger partial charge in [0.1, 0.15) is 5.39 Å². The van der Waals surface area contributed by atoms with Gasteiger partial charge < -0.3 is 4.98 Å². The number of benzene rings is 1. The van der Waals surface area contributed by atoms with Crippen LogP contribution in [-0.4, -0.2) is 15.2 Å². The van der Waals surface area contributed by atoms with Crippen LogP contribution in [0.4, 0.5) is 0 Å². The molecule has 0 atom stereocenters. The fourth-order valence-corrected chi connectivity index (χ4v) is 1.79. The molecular weight excluding hydrogens is 242 g/mol. The smallest absolute Gasteiger partial charge is 0.277 e. The Balaban J connectivity index is 0.00000108. The third kappa shape index (κ3) is 1.60. The van der Waals surface area contributed by atoms with Gasteiger partial charge in [-0.05, 0) is 12.1 Å². The highest BCUT2D eigenvalue weighted by molar-refractivity contribution is 5.91. The van der Waals surface area contributed by atoms with Gasteiger partial charge in [0.25, 0.3) is 5.56 Å². The lowest BCUT2D eigenvalue weighted by molar-refractivity contribution is 1.01. The van der Waals surface area contributed by atoms with E-state index in [1.54, 1.807) is 18.2 Å². The number of aromatic amines is 2. The summed E-state index contributed by atoms with van der Waals surface area (Å²) in [5.41, 5.74) is 0.414. The van der Waals surface area contributed by atoms with Gasteiger partial charge in [-0.25, -0.2) is 5.10 Å². The van der Waals surface area contributed by atoms with E-state index in [-0.39, 0.29) is 23.2 Å². The topological polar surface area (TPSA) is 78.6 Å². The summed E-state index contributed by atoms with van der Waals surface area (Å²) >= 11 is 0. The van der Waals surface area contributed by atoms with Crippen LogP contribution in [0.1, 0.15) is 0 Å². The van der Waals surface area contributed by atoms with E-state index in [4.69, 9.17) is 0 Å². The molecule has 3 rings (SSSR count). The zero-order valence-electron chi connectivity index (χ0n) is 8.56. The van der Waals surface area contributed by atoms with Crippen molar-refractivity contribution in [2.45, 2.75) is 0 Å². The summed E-state index contributed by atoms with van der Waals surface area (Å²) in [6, 6.07) is 7.06. The quantitative estimate of drug-likeness (QED) is 0.588. The largest absolute Gasteiger partial charge is 0.353 e. The highest BCUT2D eigenvalue weighted by Crippen LogP contribution is 2.10. The van der Waals surface area contributed by atoms with E-state index >= 15 is 0 Å². The van der Waals surface area contributed by atoms with Gasteiger partial charge in [0.15, 0.2) is 0 Å². The predicted octanol–water partition coefficient (Wildman–Crippen LogP) is 1.19. The molecule has 1 aromatic carbocycles. The lowest BCUT2D eigenvalue weighted by Crippen LogP contribution is -2.17. The lowest BCUT2D eigenvalue weighted by Gasteiger charge is -2.00. The zero-order valence-corrected chi connectivity index (χ0v) is 9.38. The van der Waals surface area contributed by atoms with Crippen molar-refractivity contribution in [1.82, 2.24) is 15.2 Å². The molecule has 3 aromatic rings. The van der Waals surface area contributed by atoms with Crippen molar-refractivity contribution in [1.29, 1.82) is 0 Å². The first-order valence-electron chi connectivity index (χ1n) is 4.76. The summed E-state index contributed by atoms with van der Waals surface area (Å²) in [4.78, 5) is 26.6. The monoisotopic (exact) mass is 249 g/mol. The number of nitrogens with zero attached hydrogens (tertiary/aromatic N) is 1. The summed E-state index contributed by atoms with van der Waals surface area (Å²) in [5, 5.41) is 6.53. The number of pyridine rings is 1. The van der Waals surface area contributed by atoms with Gasteiger partial charge in [-0.15, -0.1) is 12.4 Å². The number of nitrogens with one attached hydrogen (secondary N) is 2. The highest BCUT2D eigenvalue weighted by Gasteiger charge is 2.07. The molecule has 5 nitrogen and oxygen atoms in total. The lowest BCUT2D eigenvalue weighted by atomic mass is 10.1. The fraction of sp³-hybridized carbons (Fsp3) is 0. The molecule has 0 unspecified atom stereocenters. The summed E-state index contributed by atoms with van der Waals surface area (Å²) in [6.07, 6.45) is 1.44. The summed E-state index contributed by atoms with van der Waals surface area (Å²) < 4.78 is 0. The zero-order chi connectivity index (χ0) is 11.1. The molecule has 0 saturated heterocycles. The van der Waals surface area contributed by atoms with Crippen molar-refractivity contribution in [2.24, 2.45) is 0 Å².